The van der Waals surface area contributed by atoms with Crippen molar-refractivity contribution in [1.29, 1.82) is 0 Å². The molecule has 1 atom stereocenters. The lowest BCUT2D eigenvalue weighted by molar-refractivity contribution is 0.0842. The van der Waals surface area contributed by atoms with Crippen molar-refractivity contribution in [2.24, 2.45) is 0 Å². The molecule has 2 N–H and O–H groups in total. The summed E-state index contributed by atoms with van der Waals surface area (Å²) in [5, 5.41) is 14.1. The Morgan fingerprint density at radius 2 is 2.21 bits per heavy atom. The molecule has 0 bridgehead atoms. The number of carbonyl (C=O) groups excluding carboxylic acids is 1. The summed E-state index contributed by atoms with van der Waals surface area (Å²) in [5.74, 6) is 0. The summed E-state index contributed by atoms with van der Waals surface area (Å²) in [4.78, 5) is 19.6. The number of amides is 2. The molecule has 0 radical (unpaired) electrons. The van der Waals surface area contributed by atoms with Crippen molar-refractivity contribution < 1.29 is 9.90 Å². The van der Waals surface area contributed by atoms with E-state index in [2.05, 4.69) is 10.3 Å². The zero-order valence-electron chi connectivity index (χ0n) is 13.5. The number of piperidine rings is 1. The molecule has 0 aliphatic carbocycles. The molecule has 1 saturated heterocycles. The van der Waals surface area contributed by atoms with Crippen molar-refractivity contribution in [2.75, 3.05) is 13.1 Å². The second-order valence-electron chi connectivity index (χ2n) is 5.92. The fourth-order valence-electron chi connectivity index (χ4n) is 2.80. The Balaban J connectivity index is 1.63. The van der Waals surface area contributed by atoms with Gasteiger partial charge in [-0.1, -0.05) is 23.7 Å². The Morgan fingerprint density at radius 3 is 2.92 bits per heavy atom. The van der Waals surface area contributed by atoms with Crippen molar-refractivity contribution in [1.82, 2.24) is 15.2 Å². The maximum Gasteiger partial charge on any atom is 0.317 e. The van der Waals surface area contributed by atoms with Crippen molar-refractivity contribution in [3.05, 3.63) is 39.2 Å². The first-order valence-corrected chi connectivity index (χ1v) is 9.15. The number of thiazole rings is 1. The molecule has 1 aliphatic rings. The van der Waals surface area contributed by atoms with Crippen molar-refractivity contribution in [3.63, 3.8) is 0 Å². The lowest BCUT2D eigenvalue weighted by Gasteiger charge is -2.29. The smallest absolute Gasteiger partial charge is 0.317 e. The number of β-amino-alcohol motifs (C(OH)–C–C–N with tert-alkyl or cyclic N) is 1. The van der Waals surface area contributed by atoms with Gasteiger partial charge in [-0.15, -0.1) is 11.3 Å². The minimum absolute atomic E-state index is 0.144. The lowest BCUT2D eigenvalue weighted by Crippen LogP contribution is -2.46. The average Bonchev–Trinajstić information content (AvgIpc) is 2.94. The predicted molar refractivity (Wildman–Crippen MR) is 96.3 cm³/mol. The summed E-state index contributed by atoms with van der Waals surface area (Å²) in [6, 6.07) is 7.44. The van der Waals surface area contributed by atoms with Crippen LogP contribution in [0.3, 0.4) is 0 Å². The molecule has 0 spiro atoms. The summed E-state index contributed by atoms with van der Waals surface area (Å²) in [5.41, 5.74) is 1.94. The highest BCUT2D eigenvalue weighted by molar-refractivity contribution is 7.12. The van der Waals surface area contributed by atoms with Gasteiger partial charge in [0, 0.05) is 28.6 Å². The fraction of sp³-hybridized carbons (Fsp3) is 0.412. The molecule has 1 aromatic carbocycles. The molecule has 1 fully saturated rings. The van der Waals surface area contributed by atoms with E-state index in [0.717, 1.165) is 34.0 Å². The van der Waals surface area contributed by atoms with Crippen LogP contribution in [0.15, 0.2) is 24.3 Å². The molecule has 0 saturated carbocycles. The lowest BCUT2D eigenvalue weighted by atomic mass is 10.1. The third-order valence-electron chi connectivity index (χ3n) is 4.03. The van der Waals surface area contributed by atoms with E-state index in [-0.39, 0.29) is 6.03 Å². The van der Waals surface area contributed by atoms with E-state index in [0.29, 0.717) is 24.7 Å². The van der Waals surface area contributed by atoms with E-state index >= 15 is 0 Å². The van der Waals surface area contributed by atoms with Crippen molar-refractivity contribution in [2.45, 2.75) is 32.4 Å². The molecule has 7 heteroatoms. The maximum absolute atomic E-state index is 12.2. The van der Waals surface area contributed by atoms with Gasteiger partial charge in [-0.25, -0.2) is 9.78 Å². The van der Waals surface area contributed by atoms with Crippen LogP contribution in [-0.2, 0) is 6.54 Å². The number of likely N-dealkylation sites (tertiary alicyclic amines) is 1. The van der Waals surface area contributed by atoms with E-state index in [4.69, 9.17) is 11.6 Å². The van der Waals surface area contributed by atoms with Crippen LogP contribution in [0, 0.1) is 6.92 Å². The van der Waals surface area contributed by atoms with Crippen LogP contribution in [0.25, 0.3) is 11.3 Å². The van der Waals surface area contributed by atoms with Crippen LogP contribution < -0.4 is 5.32 Å². The topological polar surface area (TPSA) is 65.5 Å². The van der Waals surface area contributed by atoms with E-state index < -0.39 is 6.10 Å². The maximum atomic E-state index is 12.2. The highest BCUT2D eigenvalue weighted by Gasteiger charge is 2.22. The van der Waals surface area contributed by atoms with Crippen LogP contribution in [0.2, 0.25) is 5.02 Å². The summed E-state index contributed by atoms with van der Waals surface area (Å²) < 4.78 is 0. The van der Waals surface area contributed by atoms with E-state index in [1.54, 1.807) is 16.2 Å². The first kappa shape index (κ1) is 17.2. The van der Waals surface area contributed by atoms with E-state index in [1.165, 1.54) is 0 Å². The number of carbonyl (C=O) groups is 1. The number of aryl methyl sites for hydroxylation is 1. The SMILES string of the molecule is Cc1sc(CNC(=O)N2CCC[C@@H](O)C2)nc1-c1ccc(Cl)cc1. The molecule has 1 aliphatic heterocycles. The van der Waals surface area contributed by atoms with Gasteiger partial charge in [-0.3, -0.25) is 0 Å². The standard InChI is InChI=1S/C17H20ClN3O2S/c1-11-16(12-4-6-13(18)7-5-12)20-15(24-11)9-19-17(23)21-8-2-3-14(22)10-21/h4-7,14,22H,2-3,8-10H2,1H3,(H,19,23)/t14-/m1/s1. The van der Waals surface area contributed by atoms with E-state index in [9.17, 15) is 9.90 Å². The minimum Gasteiger partial charge on any atom is -0.391 e. The van der Waals surface area contributed by atoms with Gasteiger partial charge in [0.25, 0.3) is 0 Å². The number of aliphatic hydroxyl groups excluding tert-OH is 1. The van der Waals surface area contributed by atoms with Gasteiger partial charge in [-0.2, -0.15) is 0 Å². The van der Waals surface area contributed by atoms with Crippen molar-refractivity contribution in [3.8, 4) is 11.3 Å². The highest BCUT2D eigenvalue weighted by Crippen LogP contribution is 2.28. The number of nitrogens with one attached hydrogen (secondary N) is 1. The molecule has 2 amide bonds. The second kappa shape index (κ2) is 7.51. The number of hydrogen-bond acceptors (Lipinski definition) is 4. The van der Waals surface area contributed by atoms with Gasteiger partial charge in [0.2, 0.25) is 0 Å². The molecular weight excluding hydrogens is 346 g/mol. The second-order valence-corrected chi connectivity index (χ2v) is 7.64. The highest BCUT2D eigenvalue weighted by atomic mass is 35.5. The predicted octanol–water partition coefficient (Wildman–Crippen LogP) is 3.44. The quantitative estimate of drug-likeness (QED) is 0.875. The molecular formula is C17H20ClN3O2S. The molecule has 2 heterocycles. The molecule has 0 unspecified atom stereocenters. The average molecular weight is 366 g/mol. The molecule has 2 aromatic rings. The molecule has 5 nitrogen and oxygen atoms in total. The van der Waals surface area contributed by atoms with Crippen LogP contribution in [0.5, 0.6) is 0 Å². The van der Waals surface area contributed by atoms with Crippen LogP contribution in [0.4, 0.5) is 4.79 Å². The number of benzene rings is 1. The summed E-state index contributed by atoms with van der Waals surface area (Å²) in [7, 11) is 0. The number of urea groups is 1. The van der Waals surface area contributed by atoms with Gasteiger partial charge >= 0.3 is 6.03 Å². The summed E-state index contributed by atoms with van der Waals surface area (Å²) >= 11 is 7.50. The summed E-state index contributed by atoms with van der Waals surface area (Å²) in [6.07, 6.45) is 1.19. The Hall–Kier alpha value is -1.63. The molecule has 24 heavy (non-hydrogen) atoms. The van der Waals surface area contributed by atoms with Gasteiger partial charge in [0.05, 0.1) is 18.3 Å². The van der Waals surface area contributed by atoms with Gasteiger partial charge < -0.3 is 15.3 Å². The Morgan fingerprint density at radius 1 is 1.46 bits per heavy atom. The Kier molecular flexibility index (Phi) is 5.38. The number of nitrogens with zero attached hydrogens (tertiary/aromatic N) is 2. The van der Waals surface area contributed by atoms with Crippen LogP contribution in [0.1, 0.15) is 22.7 Å². The first-order valence-electron chi connectivity index (χ1n) is 7.96. The zero-order valence-corrected chi connectivity index (χ0v) is 15.0. The molecule has 1 aromatic heterocycles. The number of aliphatic hydroxyl groups is 1. The summed E-state index contributed by atoms with van der Waals surface area (Å²) in [6.45, 7) is 3.51. The fourth-order valence-corrected chi connectivity index (χ4v) is 3.83. The molecule has 3 rings (SSSR count). The Labute approximate surface area is 150 Å². The van der Waals surface area contributed by atoms with Crippen molar-refractivity contribution >= 4 is 29.0 Å². The first-order chi connectivity index (χ1) is 11.5. The number of hydrogen-bond donors (Lipinski definition) is 2. The van der Waals surface area contributed by atoms with Gasteiger partial charge in [0.15, 0.2) is 0 Å². The third kappa shape index (κ3) is 4.06. The number of halogens is 1. The Bertz CT molecular complexity index is 717. The largest absolute Gasteiger partial charge is 0.391 e. The third-order valence-corrected chi connectivity index (χ3v) is 5.26. The molecule has 128 valence electrons. The van der Waals surface area contributed by atoms with Gasteiger partial charge in [0.1, 0.15) is 5.01 Å². The minimum atomic E-state index is -0.414. The normalized spacial score (nSPS) is 17.8. The monoisotopic (exact) mass is 365 g/mol. The van der Waals surface area contributed by atoms with Crippen LogP contribution >= 0.6 is 22.9 Å². The zero-order chi connectivity index (χ0) is 17.1. The van der Waals surface area contributed by atoms with E-state index in [1.807, 2.05) is 31.2 Å². The number of aromatic nitrogens is 1. The van der Waals surface area contributed by atoms with Crippen LogP contribution in [-0.4, -0.2) is 40.2 Å². The number of rotatable bonds is 3. The van der Waals surface area contributed by atoms with Gasteiger partial charge in [-0.05, 0) is 31.9 Å².